The van der Waals surface area contributed by atoms with Crippen LogP contribution in [-0.4, -0.2) is 42.5 Å². The molecular formula is C15H28N4O. The number of rotatable bonds is 5. The summed E-state index contributed by atoms with van der Waals surface area (Å²) in [6.45, 7) is 10.7. The molecule has 20 heavy (non-hydrogen) atoms. The SMILES string of the molecule is CC1CCN(CC(=O)NC(C)(C#N)C(C)C)CC1CN. The molecule has 3 atom stereocenters. The summed E-state index contributed by atoms with van der Waals surface area (Å²) in [6.07, 6.45) is 1.08. The number of carbonyl (C=O) groups is 1. The lowest BCUT2D eigenvalue weighted by Crippen LogP contribution is -2.53. The van der Waals surface area contributed by atoms with Gasteiger partial charge in [0.1, 0.15) is 5.54 Å². The molecular weight excluding hydrogens is 252 g/mol. The summed E-state index contributed by atoms with van der Waals surface area (Å²) in [7, 11) is 0. The zero-order valence-electron chi connectivity index (χ0n) is 13.1. The van der Waals surface area contributed by atoms with Gasteiger partial charge in [-0.15, -0.1) is 0 Å². The Morgan fingerprint density at radius 2 is 2.25 bits per heavy atom. The van der Waals surface area contributed by atoms with E-state index < -0.39 is 5.54 Å². The first-order valence-electron chi connectivity index (χ1n) is 7.47. The topological polar surface area (TPSA) is 82.2 Å². The van der Waals surface area contributed by atoms with E-state index >= 15 is 0 Å². The smallest absolute Gasteiger partial charge is 0.235 e. The van der Waals surface area contributed by atoms with Gasteiger partial charge in [0.2, 0.25) is 5.91 Å². The average Bonchev–Trinajstić information content (AvgIpc) is 2.40. The number of hydrogen-bond donors (Lipinski definition) is 2. The molecule has 1 aliphatic rings. The molecule has 5 heteroatoms. The molecule has 1 heterocycles. The third-order valence-corrected chi connectivity index (χ3v) is 4.65. The maximum Gasteiger partial charge on any atom is 0.235 e. The minimum Gasteiger partial charge on any atom is -0.337 e. The van der Waals surface area contributed by atoms with Crippen molar-refractivity contribution in [1.82, 2.24) is 10.2 Å². The van der Waals surface area contributed by atoms with Crippen molar-refractivity contribution in [3.8, 4) is 6.07 Å². The van der Waals surface area contributed by atoms with E-state index in [-0.39, 0.29) is 11.8 Å². The second-order valence-corrected chi connectivity index (χ2v) is 6.51. The van der Waals surface area contributed by atoms with Crippen LogP contribution in [0.1, 0.15) is 34.1 Å². The number of hydrogen-bond acceptors (Lipinski definition) is 4. The maximum absolute atomic E-state index is 12.1. The van der Waals surface area contributed by atoms with Crippen molar-refractivity contribution < 1.29 is 4.79 Å². The molecule has 114 valence electrons. The fraction of sp³-hybridized carbons (Fsp3) is 0.867. The van der Waals surface area contributed by atoms with E-state index in [2.05, 4.69) is 23.2 Å². The first-order chi connectivity index (χ1) is 9.32. The van der Waals surface area contributed by atoms with E-state index in [9.17, 15) is 10.1 Å². The van der Waals surface area contributed by atoms with Gasteiger partial charge < -0.3 is 11.1 Å². The van der Waals surface area contributed by atoms with E-state index in [0.717, 1.165) is 19.5 Å². The van der Waals surface area contributed by atoms with Crippen LogP contribution in [0.3, 0.4) is 0 Å². The molecule has 0 aliphatic carbocycles. The molecule has 0 aromatic heterocycles. The average molecular weight is 280 g/mol. The monoisotopic (exact) mass is 280 g/mol. The molecule has 0 radical (unpaired) electrons. The summed E-state index contributed by atoms with van der Waals surface area (Å²) in [4.78, 5) is 14.3. The van der Waals surface area contributed by atoms with Crippen LogP contribution in [0.5, 0.6) is 0 Å². The number of likely N-dealkylation sites (tertiary alicyclic amines) is 1. The largest absolute Gasteiger partial charge is 0.337 e. The molecule has 1 fully saturated rings. The Morgan fingerprint density at radius 1 is 1.60 bits per heavy atom. The summed E-state index contributed by atoms with van der Waals surface area (Å²) in [5.74, 6) is 1.09. The predicted molar refractivity (Wildman–Crippen MR) is 79.8 cm³/mol. The highest BCUT2D eigenvalue weighted by atomic mass is 16.2. The van der Waals surface area contributed by atoms with Gasteiger partial charge in [-0.2, -0.15) is 5.26 Å². The van der Waals surface area contributed by atoms with Crippen LogP contribution in [0.2, 0.25) is 0 Å². The molecule has 0 saturated carbocycles. The van der Waals surface area contributed by atoms with Gasteiger partial charge in [0.25, 0.3) is 0 Å². The molecule has 3 N–H and O–H groups in total. The van der Waals surface area contributed by atoms with Gasteiger partial charge in [0, 0.05) is 6.54 Å². The van der Waals surface area contributed by atoms with Crippen LogP contribution < -0.4 is 11.1 Å². The summed E-state index contributed by atoms with van der Waals surface area (Å²) in [6, 6.07) is 2.20. The fourth-order valence-corrected chi connectivity index (χ4v) is 2.51. The Morgan fingerprint density at radius 3 is 2.75 bits per heavy atom. The van der Waals surface area contributed by atoms with E-state index in [1.54, 1.807) is 6.92 Å². The Labute approximate surface area is 122 Å². The van der Waals surface area contributed by atoms with Crippen molar-refractivity contribution in [2.75, 3.05) is 26.2 Å². The van der Waals surface area contributed by atoms with Gasteiger partial charge in [-0.3, -0.25) is 9.69 Å². The second kappa shape index (κ2) is 7.05. The predicted octanol–water partition coefficient (Wildman–Crippen LogP) is 0.958. The van der Waals surface area contributed by atoms with Gasteiger partial charge in [0.15, 0.2) is 0 Å². The Balaban J connectivity index is 2.53. The van der Waals surface area contributed by atoms with Gasteiger partial charge >= 0.3 is 0 Å². The molecule has 0 spiro atoms. The van der Waals surface area contributed by atoms with Crippen LogP contribution in [-0.2, 0) is 4.79 Å². The molecule has 1 rings (SSSR count). The standard InChI is InChI=1S/C15H28N4O/c1-11(2)15(4,10-17)18-14(20)9-19-6-5-12(3)13(7-16)8-19/h11-13H,5-9,16H2,1-4H3,(H,18,20). The number of nitrogens with one attached hydrogen (secondary N) is 1. The number of carbonyl (C=O) groups excluding carboxylic acids is 1. The van der Waals surface area contributed by atoms with E-state index in [1.807, 2.05) is 13.8 Å². The fourth-order valence-electron chi connectivity index (χ4n) is 2.51. The number of nitriles is 1. The molecule has 3 unspecified atom stereocenters. The highest BCUT2D eigenvalue weighted by Crippen LogP contribution is 2.22. The molecule has 1 amide bonds. The third-order valence-electron chi connectivity index (χ3n) is 4.65. The zero-order chi connectivity index (χ0) is 15.3. The minimum absolute atomic E-state index is 0.0759. The van der Waals surface area contributed by atoms with Crippen LogP contribution in [0.4, 0.5) is 0 Å². The first-order valence-corrected chi connectivity index (χ1v) is 7.47. The molecule has 1 saturated heterocycles. The molecule has 0 aromatic rings. The lowest BCUT2D eigenvalue weighted by Gasteiger charge is -2.37. The molecule has 0 bridgehead atoms. The zero-order valence-corrected chi connectivity index (χ0v) is 13.1. The summed E-state index contributed by atoms with van der Waals surface area (Å²) < 4.78 is 0. The number of nitrogens with two attached hydrogens (primary N) is 1. The van der Waals surface area contributed by atoms with Crippen LogP contribution in [0.25, 0.3) is 0 Å². The van der Waals surface area contributed by atoms with E-state index in [0.29, 0.717) is 24.9 Å². The van der Waals surface area contributed by atoms with Crippen molar-refractivity contribution in [2.24, 2.45) is 23.5 Å². The summed E-state index contributed by atoms with van der Waals surface area (Å²) in [5.41, 5.74) is 4.98. The highest BCUT2D eigenvalue weighted by Gasteiger charge is 2.31. The van der Waals surface area contributed by atoms with Crippen LogP contribution in [0.15, 0.2) is 0 Å². The Hall–Kier alpha value is -1.12. The lowest BCUT2D eigenvalue weighted by molar-refractivity contribution is -0.124. The molecule has 0 aromatic carbocycles. The van der Waals surface area contributed by atoms with Crippen LogP contribution >= 0.6 is 0 Å². The van der Waals surface area contributed by atoms with Crippen molar-refractivity contribution in [2.45, 2.75) is 39.7 Å². The maximum atomic E-state index is 12.1. The normalized spacial score (nSPS) is 26.9. The second-order valence-electron chi connectivity index (χ2n) is 6.51. The molecule has 5 nitrogen and oxygen atoms in total. The quantitative estimate of drug-likeness (QED) is 0.786. The van der Waals surface area contributed by atoms with Gasteiger partial charge in [-0.05, 0) is 44.2 Å². The Kier molecular flexibility index (Phi) is 5.97. The summed E-state index contributed by atoms with van der Waals surface area (Å²) in [5, 5.41) is 12.1. The van der Waals surface area contributed by atoms with Crippen molar-refractivity contribution in [3.63, 3.8) is 0 Å². The Bertz CT molecular complexity index is 377. The van der Waals surface area contributed by atoms with Gasteiger partial charge in [-0.25, -0.2) is 0 Å². The van der Waals surface area contributed by atoms with Gasteiger partial charge in [-0.1, -0.05) is 20.8 Å². The van der Waals surface area contributed by atoms with E-state index in [1.165, 1.54) is 0 Å². The highest BCUT2D eigenvalue weighted by molar-refractivity contribution is 5.79. The third kappa shape index (κ3) is 4.19. The van der Waals surface area contributed by atoms with E-state index in [4.69, 9.17) is 5.73 Å². The summed E-state index contributed by atoms with van der Waals surface area (Å²) >= 11 is 0. The minimum atomic E-state index is -0.798. The first kappa shape index (κ1) is 16.9. The number of amides is 1. The van der Waals surface area contributed by atoms with Crippen molar-refractivity contribution >= 4 is 5.91 Å². The van der Waals surface area contributed by atoms with Crippen molar-refractivity contribution in [1.29, 1.82) is 5.26 Å². The number of piperidine rings is 1. The van der Waals surface area contributed by atoms with Crippen LogP contribution in [0, 0.1) is 29.1 Å². The van der Waals surface area contributed by atoms with Crippen molar-refractivity contribution in [3.05, 3.63) is 0 Å². The molecule has 1 aliphatic heterocycles. The number of nitrogens with zero attached hydrogens (tertiary/aromatic N) is 2. The lowest BCUT2D eigenvalue weighted by atomic mass is 9.87. The van der Waals surface area contributed by atoms with Gasteiger partial charge in [0.05, 0.1) is 12.6 Å².